The topological polar surface area (TPSA) is 29.5 Å². The van der Waals surface area contributed by atoms with E-state index in [0.29, 0.717) is 5.92 Å². The van der Waals surface area contributed by atoms with Crippen molar-refractivity contribution in [3.05, 3.63) is 50.1 Å². The molecule has 2 atom stereocenters. The number of halogens is 1. The fourth-order valence-corrected chi connectivity index (χ4v) is 4.26. The predicted octanol–water partition coefficient (Wildman–Crippen LogP) is 4.81. The number of thiophene rings is 1. The molecule has 1 N–H and O–H groups in total. The van der Waals surface area contributed by atoms with E-state index in [2.05, 4.69) is 35.0 Å². The zero-order valence-corrected chi connectivity index (χ0v) is 13.7. The number of fused-ring (bicyclic) bond motifs is 1. The molecule has 3 rings (SSSR count). The predicted molar refractivity (Wildman–Crippen MR) is 85.6 cm³/mol. The van der Waals surface area contributed by atoms with Gasteiger partial charge in [0.15, 0.2) is 0 Å². The number of ether oxygens (including phenoxy) is 1. The fourth-order valence-electron chi connectivity index (χ4n) is 2.69. The van der Waals surface area contributed by atoms with Crippen molar-refractivity contribution in [2.75, 3.05) is 6.61 Å². The van der Waals surface area contributed by atoms with Gasteiger partial charge in [0.2, 0.25) is 0 Å². The molecule has 0 fully saturated rings. The monoisotopic (exact) mass is 352 g/mol. The lowest BCUT2D eigenvalue weighted by Gasteiger charge is -2.27. The van der Waals surface area contributed by atoms with Gasteiger partial charge in [-0.25, -0.2) is 0 Å². The molecule has 2 aromatic rings. The first-order valence-corrected chi connectivity index (χ1v) is 8.41. The molecule has 2 nitrogen and oxygen atoms in total. The Morgan fingerprint density at radius 1 is 1.45 bits per heavy atom. The van der Waals surface area contributed by atoms with Crippen molar-refractivity contribution in [3.63, 3.8) is 0 Å². The number of aliphatic hydroxyl groups excluding tert-OH is 1. The molecule has 2 heterocycles. The Labute approximate surface area is 131 Å². The van der Waals surface area contributed by atoms with Gasteiger partial charge in [0.1, 0.15) is 5.75 Å². The van der Waals surface area contributed by atoms with Gasteiger partial charge in [-0.05, 0) is 64.9 Å². The summed E-state index contributed by atoms with van der Waals surface area (Å²) in [6.45, 7) is 2.79. The number of aryl methyl sites for hydroxylation is 1. The van der Waals surface area contributed by atoms with E-state index in [1.807, 2.05) is 18.2 Å². The van der Waals surface area contributed by atoms with Crippen LogP contribution < -0.4 is 4.74 Å². The second-order valence-electron chi connectivity index (χ2n) is 5.23. The van der Waals surface area contributed by atoms with Gasteiger partial charge in [-0.2, -0.15) is 0 Å². The van der Waals surface area contributed by atoms with Crippen LogP contribution in [0.25, 0.3) is 0 Å². The van der Waals surface area contributed by atoms with Crippen molar-refractivity contribution in [1.29, 1.82) is 0 Å². The number of hydrogen-bond acceptors (Lipinski definition) is 3. The van der Waals surface area contributed by atoms with Gasteiger partial charge >= 0.3 is 0 Å². The third-order valence-electron chi connectivity index (χ3n) is 3.80. The van der Waals surface area contributed by atoms with Gasteiger partial charge in [-0.1, -0.05) is 18.2 Å². The highest BCUT2D eigenvalue weighted by molar-refractivity contribution is 9.11. The zero-order chi connectivity index (χ0) is 14.1. The van der Waals surface area contributed by atoms with Gasteiger partial charge in [-0.3, -0.25) is 0 Å². The third kappa shape index (κ3) is 2.78. The normalized spacial score (nSPS) is 19.2. The maximum Gasteiger partial charge on any atom is 0.122 e. The number of rotatable bonds is 3. The van der Waals surface area contributed by atoms with Crippen molar-refractivity contribution in [2.24, 2.45) is 0 Å². The summed E-state index contributed by atoms with van der Waals surface area (Å²) in [6.07, 6.45) is 1.33. The molecule has 106 valence electrons. The molecule has 1 aliphatic rings. The quantitative estimate of drug-likeness (QED) is 0.858. The lowest BCUT2D eigenvalue weighted by atomic mass is 9.88. The highest BCUT2D eigenvalue weighted by Crippen LogP contribution is 2.41. The summed E-state index contributed by atoms with van der Waals surface area (Å²) in [4.78, 5) is 1.04. The summed E-state index contributed by atoms with van der Waals surface area (Å²) in [6, 6.07) is 10.2. The Morgan fingerprint density at radius 2 is 2.25 bits per heavy atom. The first-order chi connectivity index (χ1) is 9.65. The molecule has 0 aliphatic carbocycles. The van der Waals surface area contributed by atoms with Crippen LogP contribution in [0, 0.1) is 6.92 Å². The number of benzene rings is 1. The molecule has 0 saturated carbocycles. The maximum atomic E-state index is 10.5. The van der Waals surface area contributed by atoms with Crippen molar-refractivity contribution in [3.8, 4) is 5.75 Å². The first-order valence-electron chi connectivity index (χ1n) is 6.81. The van der Waals surface area contributed by atoms with E-state index in [1.54, 1.807) is 11.3 Å². The maximum absolute atomic E-state index is 10.5. The minimum Gasteiger partial charge on any atom is -0.493 e. The average Bonchev–Trinajstić information content (AvgIpc) is 2.79. The molecule has 1 aromatic carbocycles. The Morgan fingerprint density at radius 3 is 3.00 bits per heavy atom. The molecule has 0 saturated heterocycles. The van der Waals surface area contributed by atoms with Crippen LogP contribution in [0.1, 0.15) is 40.9 Å². The Kier molecular flexibility index (Phi) is 4.15. The largest absolute Gasteiger partial charge is 0.493 e. The van der Waals surface area contributed by atoms with E-state index >= 15 is 0 Å². The molecule has 4 heteroatoms. The van der Waals surface area contributed by atoms with Gasteiger partial charge in [-0.15, -0.1) is 11.3 Å². The van der Waals surface area contributed by atoms with Crippen molar-refractivity contribution < 1.29 is 9.84 Å². The van der Waals surface area contributed by atoms with Crippen molar-refractivity contribution in [2.45, 2.75) is 31.8 Å². The van der Waals surface area contributed by atoms with Crippen LogP contribution in [-0.4, -0.2) is 11.7 Å². The molecule has 2 unspecified atom stereocenters. The van der Waals surface area contributed by atoms with E-state index in [4.69, 9.17) is 4.74 Å². The molecular weight excluding hydrogens is 336 g/mol. The number of para-hydroxylation sites is 1. The SMILES string of the molecule is Cc1cc(C(O)CC2CCOc3ccccc32)sc1Br. The van der Waals surface area contributed by atoms with Crippen LogP contribution in [0.2, 0.25) is 0 Å². The molecule has 1 aromatic heterocycles. The lowest BCUT2D eigenvalue weighted by Crippen LogP contribution is -2.16. The van der Waals surface area contributed by atoms with E-state index in [1.165, 1.54) is 11.1 Å². The summed E-state index contributed by atoms with van der Waals surface area (Å²) >= 11 is 5.15. The average molecular weight is 353 g/mol. The zero-order valence-electron chi connectivity index (χ0n) is 11.3. The summed E-state index contributed by atoms with van der Waals surface area (Å²) in [5.74, 6) is 1.34. The van der Waals surface area contributed by atoms with E-state index in [9.17, 15) is 5.11 Å². The first kappa shape index (κ1) is 14.1. The van der Waals surface area contributed by atoms with Gasteiger partial charge in [0.05, 0.1) is 16.5 Å². The Balaban J connectivity index is 1.78. The van der Waals surface area contributed by atoms with Gasteiger partial charge < -0.3 is 9.84 Å². The second kappa shape index (κ2) is 5.88. The van der Waals surface area contributed by atoms with Crippen LogP contribution in [0.5, 0.6) is 5.75 Å². The molecule has 0 radical (unpaired) electrons. The van der Waals surface area contributed by atoms with Crippen LogP contribution in [0.15, 0.2) is 34.1 Å². The Bertz CT molecular complexity index is 589. The second-order valence-corrected chi connectivity index (χ2v) is 7.63. The fraction of sp³-hybridized carbons (Fsp3) is 0.375. The van der Waals surface area contributed by atoms with Crippen molar-refractivity contribution >= 4 is 27.3 Å². The number of aliphatic hydroxyl groups is 1. The Hall–Kier alpha value is -0.840. The van der Waals surface area contributed by atoms with Crippen molar-refractivity contribution in [1.82, 2.24) is 0 Å². The van der Waals surface area contributed by atoms with E-state index in [-0.39, 0.29) is 0 Å². The van der Waals surface area contributed by atoms with E-state index in [0.717, 1.165) is 33.9 Å². The van der Waals surface area contributed by atoms with E-state index < -0.39 is 6.10 Å². The highest BCUT2D eigenvalue weighted by Gasteiger charge is 2.25. The summed E-state index contributed by atoms with van der Waals surface area (Å²) in [7, 11) is 0. The molecule has 0 amide bonds. The number of hydrogen-bond donors (Lipinski definition) is 1. The van der Waals surface area contributed by atoms with Gasteiger partial charge in [0.25, 0.3) is 0 Å². The van der Waals surface area contributed by atoms with Crippen LogP contribution >= 0.6 is 27.3 Å². The highest BCUT2D eigenvalue weighted by atomic mass is 79.9. The molecular formula is C16H17BrO2S. The van der Waals surface area contributed by atoms with Crippen LogP contribution in [-0.2, 0) is 0 Å². The molecule has 0 bridgehead atoms. The smallest absolute Gasteiger partial charge is 0.122 e. The summed E-state index contributed by atoms with van der Waals surface area (Å²) in [5.41, 5.74) is 2.42. The lowest BCUT2D eigenvalue weighted by molar-refractivity contribution is 0.148. The molecule has 1 aliphatic heterocycles. The van der Waals surface area contributed by atoms with Crippen LogP contribution in [0.3, 0.4) is 0 Å². The standard InChI is InChI=1S/C16H17BrO2S/c1-10-8-15(20-16(10)17)13(18)9-11-6-7-19-14-5-3-2-4-12(11)14/h2-5,8,11,13,18H,6-7,9H2,1H3. The molecule has 20 heavy (non-hydrogen) atoms. The summed E-state index contributed by atoms with van der Waals surface area (Å²) in [5, 5.41) is 10.5. The minimum absolute atomic E-state index is 0.371. The molecule has 0 spiro atoms. The minimum atomic E-state index is -0.402. The van der Waals surface area contributed by atoms with Gasteiger partial charge in [0, 0.05) is 4.88 Å². The third-order valence-corrected chi connectivity index (χ3v) is 6.03. The van der Waals surface area contributed by atoms with Crippen LogP contribution in [0.4, 0.5) is 0 Å². The summed E-state index contributed by atoms with van der Waals surface area (Å²) < 4.78 is 6.79.